The molecular formula is C23H21BrN2O5S. The molecule has 3 aromatic carbocycles. The van der Waals surface area contributed by atoms with E-state index in [-0.39, 0.29) is 18.0 Å². The maximum atomic E-state index is 13.3. The molecule has 1 heterocycles. The molecule has 0 radical (unpaired) electrons. The number of anilines is 1. The number of fused-ring (bicyclic) bond motifs is 1. The van der Waals surface area contributed by atoms with Crippen molar-refractivity contribution in [1.29, 1.82) is 0 Å². The lowest BCUT2D eigenvalue weighted by Gasteiger charge is -2.22. The van der Waals surface area contributed by atoms with Gasteiger partial charge in [-0.3, -0.25) is 4.79 Å². The summed E-state index contributed by atoms with van der Waals surface area (Å²) in [4.78, 5) is 12.9. The molecular weight excluding hydrogens is 496 g/mol. The molecule has 4 rings (SSSR count). The van der Waals surface area contributed by atoms with Crippen LogP contribution in [-0.4, -0.2) is 38.4 Å². The van der Waals surface area contributed by atoms with Gasteiger partial charge in [-0.2, -0.15) is 4.31 Å². The average molecular weight is 517 g/mol. The van der Waals surface area contributed by atoms with Gasteiger partial charge in [0.25, 0.3) is 0 Å². The number of ether oxygens (including phenoxy) is 2. The lowest BCUT2D eigenvalue weighted by molar-refractivity contribution is -0.116. The van der Waals surface area contributed by atoms with Crippen LogP contribution in [0.1, 0.15) is 5.56 Å². The van der Waals surface area contributed by atoms with E-state index < -0.39 is 15.9 Å². The third-order valence-corrected chi connectivity index (χ3v) is 7.13. The number of carbonyl (C=O) groups excluding carboxylic acids is 1. The molecule has 0 aromatic heterocycles. The molecule has 32 heavy (non-hydrogen) atoms. The highest BCUT2D eigenvalue weighted by atomic mass is 79.9. The number of benzene rings is 3. The first-order valence-electron chi connectivity index (χ1n) is 9.91. The number of sulfonamides is 1. The van der Waals surface area contributed by atoms with Crippen LogP contribution in [-0.2, 0) is 21.4 Å². The van der Waals surface area contributed by atoms with Gasteiger partial charge in [-0.1, -0.05) is 46.3 Å². The van der Waals surface area contributed by atoms with Crippen LogP contribution < -0.4 is 14.8 Å². The van der Waals surface area contributed by atoms with Crippen molar-refractivity contribution < 1.29 is 22.7 Å². The lowest BCUT2D eigenvalue weighted by Crippen LogP contribution is -2.37. The van der Waals surface area contributed by atoms with Gasteiger partial charge in [0.15, 0.2) is 11.5 Å². The Morgan fingerprint density at radius 1 is 0.938 bits per heavy atom. The van der Waals surface area contributed by atoms with Crippen LogP contribution in [0.15, 0.2) is 82.2 Å². The molecule has 7 nitrogen and oxygen atoms in total. The number of hydrogen-bond acceptors (Lipinski definition) is 5. The number of carbonyl (C=O) groups is 1. The topological polar surface area (TPSA) is 84.9 Å². The highest BCUT2D eigenvalue weighted by Crippen LogP contribution is 2.32. The molecule has 0 aliphatic carbocycles. The van der Waals surface area contributed by atoms with E-state index in [1.165, 1.54) is 16.4 Å². The maximum absolute atomic E-state index is 13.3. The van der Waals surface area contributed by atoms with Crippen LogP contribution in [0.4, 0.5) is 5.69 Å². The van der Waals surface area contributed by atoms with Gasteiger partial charge in [-0.25, -0.2) is 8.42 Å². The first kappa shape index (κ1) is 22.3. The molecule has 0 unspecified atom stereocenters. The Labute approximate surface area is 195 Å². The number of hydrogen-bond donors (Lipinski definition) is 1. The Kier molecular flexibility index (Phi) is 6.78. The molecule has 3 aromatic rings. The minimum Gasteiger partial charge on any atom is -0.486 e. The Morgan fingerprint density at radius 2 is 1.62 bits per heavy atom. The minimum atomic E-state index is -3.91. The second-order valence-electron chi connectivity index (χ2n) is 7.12. The van der Waals surface area contributed by atoms with Gasteiger partial charge in [0.2, 0.25) is 15.9 Å². The summed E-state index contributed by atoms with van der Waals surface area (Å²) in [6.07, 6.45) is 0. The Morgan fingerprint density at radius 3 is 2.34 bits per heavy atom. The normalized spacial score (nSPS) is 13.1. The van der Waals surface area contributed by atoms with Gasteiger partial charge < -0.3 is 14.8 Å². The molecule has 1 aliphatic heterocycles. The van der Waals surface area contributed by atoms with Crippen molar-refractivity contribution in [3.8, 4) is 11.5 Å². The molecule has 1 amide bonds. The zero-order chi connectivity index (χ0) is 22.6. The third kappa shape index (κ3) is 5.29. The zero-order valence-corrected chi connectivity index (χ0v) is 19.4. The van der Waals surface area contributed by atoms with Crippen LogP contribution in [0.25, 0.3) is 0 Å². The molecule has 0 saturated heterocycles. The molecule has 1 N–H and O–H groups in total. The van der Waals surface area contributed by atoms with Crippen molar-refractivity contribution in [3.05, 3.63) is 82.8 Å². The van der Waals surface area contributed by atoms with Crippen LogP contribution in [0.2, 0.25) is 0 Å². The van der Waals surface area contributed by atoms with Crippen molar-refractivity contribution in [1.82, 2.24) is 4.31 Å². The summed E-state index contributed by atoms with van der Waals surface area (Å²) in [7, 11) is -3.91. The lowest BCUT2D eigenvalue weighted by atomic mass is 10.2. The van der Waals surface area contributed by atoms with Gasteiger partial charge in [-0.15, -0.1) is 0 Å². The Hall–Kier alpha value is -2.88. The summed E-state index contributed by atoms with van der Waals surface area (Å²) in [5.74, 6) is 0.689. The van der Waals surface area contributed by atoms with Crippen LogP contribution in [0.5, 0.6) is 11.5 Å². The van der Waals surface area contributed by atoms with E-state index in [0.717, 1.165) is 10.0 Å². The highest BCUT2D eigenvalue weighted by Gasteiger charge is 2.27. The molecule has 0 fully saturated rings. The SMILES string of the molecule is O=C(CN(Cc1ccccc1)S(=O)(=O)c1ccc(Br)cc1)Nc1ccc2c(c1)OCCO2. The Bertz CT molecular complexity index is 1200. The molecule has 9 heteroatoms. The standard InChI is InChI=1S/C23H21BrN2O5S/c24-18-6-9-20(10-7-18)32(28,29)26(15-17-4-2-1-3-5-17)16-23(27)25-19-8-11-21-22(14-19)31-13-12-30-21/h1-11,14H,12-13,15-16H2,(H,25,27). The third-order valence-electron chi connectivity index (χ3n) is 4.80. The van der Waals surface area contributed by atoms with Gasteiger partial charge in [0.05, 0.1) is 11.4 Å². The van der Waals surface area contributed by atoms with E-state index in [0.29, 0.717) is 30.4 Å². The first-order chi connectivity index (χ1) is 15.4. The number of rotatable bonds is 7. The molecule has 0 spiro atoms. The summed E-state index contributed by atoms with van der Waals surface area (Å²) >= 11 is 3.31. The molecule has 166 valence electrons. The number of halogens is 1. The van der Waals surface area contributed by atoms with E-state index in [9.17, 15) is 13.2 Å². The highest BCUT2D eigenvalue weighted by molar-refractivity contribution is 9.10. The summed E-state index contributed by atoms with van der Waals surface area (Å²) < 4.78 is 39.6. The second-order valence-corrected chi connectivity index (χ2v) is 9.97. The fraction of sp³-hybridized carbons (Fsp3) is 0.174. The van der Waals surface area contributed by atoms with Crippen molar-refractivity contribution in [2.24, 2.45) is 0 Å². The quantitative estimate of drug-likeness (QED) is 0.511. The van der Waals surface area contributed by atoms with Crippen LogP contribution in [0.3, 0.4) is 0 Å². The van der Waals surface area contributed by atoms with Crippen LogP contribution >= 0.6 is 15.9 Å². The van der Waals surface area contributed by atoms with E-state index >= 15 is 0 Å². The Balaban J connectivity index is 1.55. The van der Waals surface area contributed by atoms with Crippen molar-refractivity contribution in [2.45, 2.75) is 11.4 Å². The minimum absolute atomic E-state index is 0.0633. The average Bonchev–Trinajstić information content (AvgIpc) is 2.79. The van der Waals surface area contributed by atoms with E-state index in [2.05, 4.69) is 21.2 Å². The first-order valence-corrected chi connectivity index (χ1v) is 12.1. The molecule has 1 aliphatic rings. The van der Waals surface area contributed by atoms with Crippen molar-refractivity contribution in [2.75, 3.05) is 25.1 Å². The number of amides is 1. The number of nitrogens with one attached hydrogen (secondary N) is 1. The summed E-state index contributed by atoms with van der Waals surface area (Å²) in [6, 6.07) is 20.6. The van der Waals surface area contributed by atoms with Crippen LogP contribution in [0, 0.1) is 0 Å². The largest absolute Gasteiger partial charge is 0.486 e. The predicted molar refractivity (Wildman–Crippen MR) is 124 cm³/mol. The summed E-state index contributed by atoms with van der Waals surface area (Å²) in [5.41, 5.74) is 1.28. The van der Waals surface area contributed by atoms with Gasteiger partial charge in [0.1, 0.15) is 13.2 Å². The molecule has 0 bridgehead atoms. The molecule has 0 atom stereocenters. The summed E-state index contributed by atoms with van der Waals surface area (Å²) in [5, 5.41) is 2.75. The van der Waals surface area contributed by atoms with Gasteiger partial charge in [0, 0.05) is 22.8 Å². The van der Waals surface area contributed by atoms with Gasteiger partial charge in [-0.05, 0) is 42.0 Å². The van der Waals surface area contributed by atoms with E-state index in [1.807, 2.05) is 30.3 Å². The van der Waals surface area contributed by atoms with E-state index in [1.54, 1.807) is 30.3 Å². The summed E-state index contributed by atoms with van der Waals surface area (Å²) in [6.45, 7) is 0.622. The fourth-order valence-corrected chi connectivity index (χ4v) is 4.90. The predicted octanol–water partition coefficient (Wildman–Crippen LogP) is 4.05. The van der Waals surface area contributed by atoms with Gasteiger partial charge >= 0.3 is 0 Å². The zero-order valence-electron chi connectivity index (χ0n) is 17.0. The van der Waals surface area contributed by atoms with Crippen molar-refractivity contribution >= 4 is 37.5 Å². The fourth-order valence-electron chi connectivity index (χ4n) is 3.25. The smallest absolute Gasteiger partial charge is 0.243 e. The number of nitrogens with zero attached hydrogens (tertiary/aromatic N) is 1. The molecule has 0 saturated carbocycles. The van der Waals surface area contributed by atoms with E-state index in [4.69, 9.17) is 9.47 Å². The van der Waals surface area contributed by atoms with Crippen molar-refractivity contribution in [3.63, 3.8) is 0 Å². The monoisotopic (exact) mass is 516 g/mol. The second kappa shape index (κ2) is 9.72. The maximum Gasteiger partial charge on any atom is 0.243 e.